The van der Waals surface area contributed by atoms with Crippen molar-refractivity contribution in [1.82, 2.24) is 20.4 Å². The van der Waals surface area contributed by atoms with E-state index in [1.807, 2.05) is 37.8 Å². The van der Waals surface area contributed by atoms with Gasteiger partial charge in [-0.05, 0) is 62.0 Å². The molecule has 28 heavy (non-hydrogen) atoms. The predicted molar refractivity (Wildman–Crippen MR) is 116 cm³/mol. The Morgan fingerprint density at radius 2 is 2.25 bits per heavy atom. The number of aliphatic imine (C=N–C) groups is 1. The van der Waals surface area contributed by atoms with Crippen LogP contribution in [0.2, 0.25) is 0 Å². The first-order valence-electron chi connectivity index (χ1n) is 10.1. The van der Waals surface area contributed by atoms with E-state index in [0.29, 0.717) is 12.5 Å². The third-order valence-electron chi connectivity index (χ3n) is 5.04. The number of rotatable bonds is 9. The van der Waals surface area contributed by atoms with Gasteiger partial charge in [0.1, 0.15) is 5.60 Å². The summed E-state index contributed by atoms with van der Waals surface area (Å²) < 4.78 is 0. The summed E-state index contributed by atoms with van der Waals surface area (Å²) in [6.45, 7) is 7.52. The van der Waals surface area contributed by atoms with Gasteiger partial charge in [0.05, 0.1) is 12.6 Å². The van der Waals surface area contributed by atoms with E-state index < -0.39 is 5.60 Å². The first-order chi connectivity index (χ1) is 13.3. The molecule has 1 fully saturated rings. The molecular formula is C20H35N5O2S. The van der Waals surface area contributed by atoms with Crippen LogP contribution in [0.5, 0.6) is 0 Å². The van der Waals surface area contributed by atoms with Gasteiger partial charge in [0, 0.05) is 33.7 Å². The van der Waals surface area contributed by atoms with Gasteiger partial charge in [0.25, 0.3) is 0 Å². The van der Waals surface area contributed by atoms with E-state index in [0.717, 1.165) is 51.0 Å². The van der Waals surface area contributed by atoms with Crippen molar-refractivity contribution in [2.75, 3.05) is 46.8 Å². The first-order valence-corrected chi connectivity index (χ1v) is 11.0. The summed E-state index contributed by atoms with van der Waals surface area (Å²) in [6, 6.07) is 1.96. The molecule has 1 aliphatic heterocycles. The Hall–Kier alpha value is -1.64. The number of hydrogen-bond acceptors (Lipinski definition) is 5. The standard InChI is InChI=1S/C20H35N5O2S/c1-5-21-19(23-15-20(2,27)16-9-13-28-14-16)22-10-7-12-25-11-6-8-17(25)18(26)24(3)4/h9,13-14,17,27H,5-8,10-12,15H2,1-4H3,(H2,21,22,23). The number of nitrogens with zero attached hydrogens (tertiary/aromatic N) is 3. The van der Waals surface area contributed by atoms with Crippen molar-refractivity contribution in [1.29, 1.82) is 0 Å². The molecule has 0 aromatic carbocycles. The fourth-order valence-corrected chi connectivity index (χ4v) is 4.18. The molecule has 0 radical (unpaired) electrons. The lowest BCUT2D eigenvalue weighted by atomic mass is 10.00. The number of carbonyl (C=O) groups is 1. The third-order valence-corrected chi connectivity index (χ3v) is 5.72. The van der Waals surface area contributed by atoms with E-state index in [1.165, 1.54) is 0 Å². The zero-order chi connectivity index (χ0) is 20.6. The van der Waals surface area contributed by atoms with Gasteiger partial charge in [-0.2, -0.15) is 11.3 Å². The van der Waals surface area contributed by atoms with Crippen LogP contribution in [-0.2, 0) is 10.4 Å². The van der Waals surface area contributed by atoms with E-state index in [-0.39, 0.29) is 11.9 Å². The van der Waals surface area contributed by atoms with Crippen LogP contribution in [0.4, 0.5) is 0 Å². The molecule has 0 spiro atoms. The summed E-state index contributed by atoms with van der Waals surface area (Å²) in [5.41, 5.74) is -0.0831. The summed E-state index contributed by atoms with van der Waals surface area (Å²) in [4.78, 5) is 20.8. The minimum Gasteiger partial charge on any atom is -0.383 e. The lowest BCUT2D eigenvalue weighted by Crippen LogP contribution is -2.44. The highest BCUT2D eigenvalue weighted by Gasteiger charge is 2.31. The summed E-state index contributed by atoms with van der Waals surface area (Å²) in [7, 11) is 3.65. The molecule has 3 N–H and O–H groups in total. The van der Waals surface area contributed by atoms with Crippen molar-refractivity contribution in [2.24, 2.45) is 4.99 Å². The van der Waals surface area contributed by atoms with Crippen LogP contribution >= 0.6 is 11.3 Å². The minimum atomic E-state index is -0.975. The second kappa shape index (κ2) is 10.8. The van der Waals surface area contributed by atoms with Gasteiger partial charge in [0.2, 0.25) is 5.91 Å². The second-order valence-electron chi connectivity index (χ2n) is 7.69. The molecule has 7 nitrogen and oxygen atoms in total. The largest absolute Gasteiger partial charge is 0.383 e. The zero-order valence-electron chi connectivity index (χ0n) is 17.6. The van der Waals surface area contributed by atoms with Gasteiger partial charge in [-0.15, -0.1) is 0 Å². The van der Waals surface area contributed by atoms with Gasteiger partial charge < -0.3 is 20.6 Å². The maximum absolute atomic E-state index is 12.3. The number of thiophene rings is 1. The number of nitrogens with one attached hydrogen (secondary N) is 2. The molecule has 1 saturated heterocycles. The van der Waals surface area contributed by atoms with E-state index in [1.54, 1.807) is 23.2 Å². The van der Waals surface area contributed by atoms with Crippen molar-refractivity contribution in [3.8, 4) is 0 Å². The van der Waals surface area contributed by atoms with E-state index in [9.17, 15) is 9.90 Å². The Kier molecular flexibility index (Phi) is 8.72. The van der Waals surface area contributed by atoms with Crippen LogP contribution < -0.4 is 10.6 Å². The Bertz CT molecular complexity index is 631. The molecule has 1 aliphatic rings. The molecule has 0 bridgehead atoms. The first kappa shape index (κ1) is 22.6. The van der Waals surface area contributed by atoms with Gasteiger partial charge >= 0.3 is 0 Å². The molecule has 1 amide bonds. The van der Waals surface area contributed by atoms with Crippen LogP contribution in [0.3, 0.4) is 0 Å². The van der Waals surface area contributed by atoms with Crippen LogP contribution in [0.25, 0.3) is 0 Å². The van der Waals surface area contributed by atoms with Gasteiger partial charge in [-0.3, -0.25) is 9.69 Å². The Morgan fingerprint density at radius 1 is 1.46 bits per heavy atom. The number of carbonyl (C=O) groups excluding carboxylic acids is 1. The van der Waals surface area contributed by atoms with E-state index >= 15 is 0 Å². The lowest BCUT2D eigenvalue weighted by Gasteiger charge is -2.26. The summed E-state index contributed by atoms with van der Waals surface area (Å²) in [6.07, 6.45) is 2.97. The molecule has 2 unspecified atom stereocenters. The summed E-state index contributed by atoms with van der Waals surface area (Å²) in [5, 5.41) is 21.1. The average Bonchev–Trinajstić information content (AvgIpc) is 3.34. The molecule has 2 atom stereocenters. The Balaban J connectivity index is 1.80. The molecule has 0 saturated carbocycles. The number of likely N-dealkylation sites (tertiary alicyclic amines) is 1. The monoisotopic (exact) mass is 409 g/mol. The van der Waals surface area contributed by atoms with Crippen molar-refractivity contribution in [2.45, 2.75) is 44.8 Å². The number of amides is 1. The number of hydrogen-bond donors (Lipinski definition) is 3. The quantitative estimate of drug-likeness (QED) is 0.327. The van der Waals surface area contributed by atoms with Crippen LogP contribution in [-0.4, -0.2) is 79.6 Å². The molecule has 158 valence electrons. The number of aliphatic hydroxyl groups is 1. The maximum atomic E-state index is 12.3. The van der Waals surface area contributed by atoms with E-state index in [4.69, 9.17) is 0 Å². The average molecular weight is 410 g/mol. The molecule has 2 rings (SSSR count). The molecule has 1 aromatic heterocycles. The molecule has 8 heteroatoms. The highest BCUT2D eigenvalue weighted by Crippen LogP contribution is 2.23. The normalized spacial score (nSPS) is 20.0. The third kappa shape index (κ3) is 6.46. The van der Waals surface area contributed by atoms with Crippen molar-refractivity contribution in [3.05, 3.63) is 22.4 Å². The SMILES string of the molecule is CCNC(=NCC(C)(O)c1ccsc1)NCCCN1CCCC1C(=O)N(C)C. The van der Waals surface area contributed by atoms with Crippen LogP contribution in [0, 0.1) is 0 Å². The van der Waals surface area contributed by atoms with Gasteiger partial charge in [0.15, 0.2) is 5.96 Å². The smallest absolute Gasteiger partial charge is 0.239 e. The molecule has 1 aromatic rings. The van der Waals surface area contributed by atoms with Gasteiger partial charge in [-0.1, -0.05) is 0 Å². The summed E-state index contributed by atoms with van der Waals surface area (Å²) >= 11 is 1.57. The molecular weight excluding hydrogens is 374 g/mol. The highest BCUT2D eigenvalue weighted by molar-refractivity contribution is 7.08. The fraction of sp³-hybridized carbons (Fsp3) is 0.700. The second-order valence-corrected chi connectivity index (χ2v) is 8.47. The molecule has 2 heterocycles. The predicted octanol–water partition coefficient (Wildman–Crippen LogP) is 1.45. The van der Waals surface area contributed by atoms with Crippen LogP contribution in [0.1, 0.15) is 38.7 Å². The maximum Gasteiger partial charge on any atom is 0.239 e. The van der Waals surface area contributed by atoms with E-state index in [2.05, 4.69) is 20.5 Å². The molecule has 0 aliphatic carbocycles. The lowest BCUT2D eigenvalue weighted by molar-refractivity contribution is -0.133. The zero-order valence-corrected chi connectivity index (χ0v) is 18.4. The summed E-state index contributed by atoms with van der Waals surface area (Å²) in [5.74, 6) is 0.913. The number of likely N-dealkylation sites (N-methyl/N-ethyl adjacent to an activating group) is 1. The topological polar surface area (TPSA) is 80.2 Å². The van der Waals surface area contributed by atoms with Crippen molar-refractivity contribution >= 4 is 23.2 Å². The van der Waals surface area contributed by atoms with Gasteiger partial charge in [-0.25, -0.2) is 4.99 Å². The van der Waals surface area contributed by atoms with Crippen molar-refractivity contribution < 1.29 is 9.90 Å². The van der Waals surface area contributed by atoms with Crippen LogP contribution in [0.15, 0.2) is 21.8 Å². The Labute approximate surface area is 172 Å². The Morgan fingerprint density at radius 3 is 2.89 bits per heavy atom. The minimum absolute atomic E-state index is 0.0256. The highest BCUT2D eigenvalue weighted by atomic mass is 32.1. The van der Waals surface area contributed by atoms with Crippen molar-refractivity contribution in [3.63, 3.8) is 0 Å². The fourth-order valence-electron chi connectivity index (χ4n) is 3.40. The number of guanidine groups is 1.